The smallest absolute Gasteiger partial charge is 0.134 e. The first kappa shape index (κ1) is 15.9. The van der Waals surface area contributed by atoms with E-state index in [-0.39, 0.29) is 0 Å². The molecule has 0 fully saturated rings. The molecule has 3 aromatic rings. The zero-order chi connectivity index (χ0) is 16.9. The van der Waals surface area contributed by atoms with Gasteiger partial charge in [-0.1, -0.05) is 11.6 Å². The van der Waals surface area contributed by atoms with Gasteiger partial charge in [0.25, 0.3) is 0 Å². The van der Waals surface area contributed by atoms with Gasteiger partial charge in [-0.2, -0.15) is 5.26 Å². The van der Waals surface area contributed by atoms with Crippen molar-refractivity contribution >= 4 is 23.0 Å². The summed E-state index contributed by atoms with van der Waals surface area (Å²) < 4.78 is 5.38. The SMILES string of the molecule is COc1ccc(C)cc1/C=C(/C#N)c1nc(-c2ccncc2)cs1. The number of rotatable bonds is 4. The zero-order valence-electron chi connectivity index (χ0n) is 13.4. The maximum Gasteiger partial charge on any atom is 0.134 e. The Balaban J connectivity index is 2.00. The molecule has 0 saturated carbocycles. The van der Waals surface area contributed by atoms with Crippen LogP contribution in [0.15, 0.2) is 48.1 Å². The Morgan fingerprint density at radius 1 is 1.25 bits per heavy atom. The lowest BCUT2D eigenvalue weighted by molar-refractivity contribution is 0.414. The number of aromatic nitrogens is 2. The second-order valence-electron chi connectivity index (χ2n) is 5.19. The van der Waals surface area contributed by atoms with Crippen LogP contribution in [-0.4, -0.2) is 17.1 Å². The van der Waals surface area contributed by atoms with E-state index in [2.05, 4.69) is 16.0 Å². The first-order valence-electron chi connectivity index (χ1n) is 7.34. The number of benzene rings is 1. The number of methoxy groups -OCH3 is 1. The molecule has 118 valence electrons. The molecule has 0 atom stereocenters. The largest absolute Gasteiger partial charge is 0.496 e. The minimum Gasteiger partial charge on any atom is -0.496 e. The van der Waals surface area contributed by atoms with Crippen molar-refractivity contribution in [3.05, 3.63) is 64.2 Å². The van der Waals surface area contributed by atoms with Crippen molar-refractivity contribution in [2.45, 2.75) is 6.92 Å². The first-order valence-corrected chi connectivity index (χ1v) is 8.22. The summed E-state index contributed by atoms with van der Waals surface area (Å²) in [6.07, 6.45) is 5.28. The minimum absolute atomic E-state index is 0.518. The van der Waals surface area contributed by atoms with Crippen LogP contribution in [0.5, 0.6) is 5.75 Å². The highest BCUT2D eigenvalue weighted by molar-refractivity contribution is 7.11. The van der Waals surface area contributed by atoms with E-state index in [1.807, 2.05) is 48.7 Å². The number of ether oxygens (including phenoxy) is 1. The quantitative estimate of drug-likeness (QED) is 0.655. The van der Waals surface area contributed by atoms with Gasteiger partial charge in [0.2, 0.25) is 0 Å². The molecule has 0 unspecified atom stereocenters. The van der Waals surface area contributed by atoms with Crippen molar-refractivity contribution in [1.29, 1.82) is 5.26 Å². The molecule has 0 amide bonds. The van der Waals surface area contributed by atoms with E-state index in [1.54, 1.807) is 19.5 Å². The summed E-state index contributed by atoms with van der Waals surface area (Å²) in [6.45, 7) is 2.01. The van der Waals surface area contributed by atoms with Gasteiger partial charge in [0, 0.05) is 28.9 Å². The van der Waals surface area contributed by atoms with Gasteiger partial charge in [0.15, 0.2) is 0 Å². The molecule has 0 radical (unpaired) electrons. The number of nitrogens with zero attached hydrogens (tertiary/aromatic N) is 3. The molecule has 1 aromatic carbocycles. The Hall–Kier alpha value is -2.97. The molecule has 0 N–H and O–H groups in total. The minimum atomic E-state index is 0.518. The van der Waals surface area contributed by atoms with Crippen LogP contribution in [-0.2, 0) is 0 Å². The van der Waals surface area contributed by atoms with Gasteiger partial charge >= 0.3 is 0 Å². The predicted octanol–water partition coefficient (Wildman–Crippen LogP) is 4.59. The van der Waals surface area contributed by atoms with E-state index in [4.69, 9.17) is 4.74 Å². The Morgan fingerprint density at radius 3 is 2.75 bits per heavy atom. The number of hydrogen-bond acceptors (Lipinski definition) is 5. The fourth-order valence-electron chi connectivity index (χ4n) is 2.32. The van der Waals surface area contributed by atoms with E-state index in [1.165, 1.54) is 11.3 Å². The number of hydrogen-bond donors (Lipinski definition) is 0. The van der Waals surface area contributed by atoms with Crippen LogP contribution in [0.2, 0.25) is 0 Å². The molecule has 2 heterocycles. The Bertz CT molecular complexity index is 923. The molecule has 0 aliphatic carbocycles. The number of thiazole rings is 1. The molecule has 0 aliphatic heterocycles. The Morgan fingerprint density at radius 2 is 2.04 bits per heavy atom. The van der Waals surface area contributed by atoms with Gasteiger partial charge in [-0.3, -0.25) is 4.98 Å². The maximum absolute atomic E-state index is 9.55. The molecular formula is C19H15N3OS. The van der Waals surface area contributed by atoms with Crippen LogP contribution < -0.4 is 4.74 Å². The highest BCUT2D eigenvalue weighted by atomic mass is 32.1. The van der Waals surface area contributed by atoms with Gasteiger partial charge in [-0.05, 0) is 37.3 Å². The molecule has 5 heteroatoms. The number of aryl methyl sites for hydroxylation is 1. The standard InChI is InChI=1S/C19H15N3OS/c1-13-3-4-18(23-2)15(9-13)10-16(11-20)19-22-17(12-24-19)14-5-7-21-8-6-14/h3-10,12H,1-2H3/b16-10-. The van der Waals surface area contributed by atoms with Crippen LogP contribution in [0, 0.1) is 18.3 Å². The van der Waals surface area contributed by atoms with Crippen LogP contribution in [0.3, 0.4) is 0 Å². The van der Waals surface area contributed by atoms with E-state index in [9.17, 15) is 5.26 Å². The van der Waals surface area contributed by atoms with Crippen molar-refractivity contribution in [3.8, 4) is 23.1 Å². The lowest BCUT2D eigenvalue weighted by Crippen LogP contribution is -1.89. The molecule has 0 aliphatic rings. The molecular weight excluding hydrogens is 318 g/mol. The highest BCUT2D eigenvalue weighted by Gasteiger charge is 2.10. The normalized spacial score (nSPS) is 11.1. The van der Waals surface area contributed by atoms with E-state index in [0.717, 1.165) is 28.1 Å². The van der Waals surface area contributed by atoms with Crippen LogP contribution in [0.1, 0.15) is 16.1 Å². The number of allylic oxidation sites excluding steroid dienone is 1. The summed E-state index contributed by atoms with van der Waals surface area (Å²) in [5.41, 5.74) is 4.32. The molecule has 4 nitrogen and oxygen atoms in total. The van der Waals surface area contributed by atoms with Crippen molar-refractivity contribution in [2.24, 2.45) is 0 Å². The monoisotopic (exact) mass is 333 g/mol. The van der Waals surface area contributed by atoms with Gasteiger partial charge in [-0.15, -0.1) is 11.3 Å². The van der Waals surface area contributed by atoms with Crippen molar-refractivity contribution in [1.82, 2.24) is 9.97 Å². The van der Waals surface area contributed by atoms with E-state index >= 15 is 0 Å². The third kappa shape index (κ3) is 3.34. The van der Waals surface area contributed by atoms with Gasteiger partial charge in [0.1, 0.15) is 16.8 Å². The third-order valence-electron chi connectivity index (χ3n) is 3.52. The lowest BCUT2D eigenvalue weighted by Gasteiger charge is -2.06. The van der Waals surface area contributed by atoms with Crippen LogP contribution in [0.25, 0.3) is 22.9 Å². The average Bonchev–Trinajstić information content (AvgIpc) is 3.10. The number of pyridine rings is 1. The molecule has 0 bridgehead atoms. The molecule has 2 aromatic heterocycles. The van der Waals surface area contributed by atoms with Gasteiger partial charge in [0.05, 0.1) is 18.4 Å². The maximum atomic E-state index is 9.55. The molecule has 0 saturated heterocycles. The van der Waals surface area contributed by atoms with Crippen molar-refractivity contribution in [3.63, 3.8) is 0 Å². The summed E-state index contributed by atoms with van der Waals surface area (Å²) in [7, 11) is 1.62. The fourth-order valence-corrected chi connectivity index (χ4v) is 3.11. The van der Waals surface area contributed by atoms with Crippen molar-refractivity contribution in [2.75, 3.05) is 7.11 Å². The second kappa shape index (κ2) is 7.07. The summed E-state index contributed by atoms with van der Waals surface area (Å²) in [5, 5.41) is 12.2. The lowest BCUT2D eigenvalue weighted by atomic mass is 10.1. The second-order valence-corrected chi connectivity index (χ2v) is 6.05. The third-order valence-corrected chi connectivity index (χ3v) is 4.39. The molecule has 0 spiro atoms. The van der Waals surface area contributed by atoms with Gasteiger partial charge < -0.3 is 4.74 Å². The van der Waals surface area contributed by atoms with Crippen LogP contribution in [0.4, 0.5) is 0 Å². The Labute approximate surface area is 144 Å². The average molecular weight is 333 g/mol. The zero-order valence-corrected chi connectivity index (χ0v) is 14.2. The summed E-state index contributed by atoms with van der Waals surface area (Å²) in [4.78, 5) is 8.60. The molecule has 24 heavy (non-hydrogen) atoms. The topological polar surface area (TPSA) is 58.8 Å². The van der Waals surface area contributed by atoms with E-state index < -0.39 is 0 Å². The predicted molar refractivity (Wildman–Crippen MR) is 96.6 cm³/mol. The fraction of sp³-hybridized carbons (Fsp3) is 0.105. The summed E-state index contributed by atoms with van der Waals surface area (Å²) in [5.74, 6) is 0.735. The van der Waals surface area contributed by atoms with Crippen LogP contribution >= 0.6 is 11.3 Å². The van der Waals surface area contributed by atoms with Crippen molar-refractivity contribution < 1.29 is 4.74 Å². The summed E-state index contributed by atoms with van der Waals surface area (Å²) >= 11 is 1.45. The highest BCUT2D eigenvalue weighted by Crippen LogP contribution is 2.29. The number of nitriles is 1. The summed E-state index contributed by atoms with van der Waals surface area (Å²) in [6, 6.07) is 11.9. The Kier molecular flexibility index (Phi) is 4.69. The van der Waals surface area contributed by atoms with E-state index in [0.29, 0.717) is 10.6 Å². The van der Waals surface area contributed by atoms with Gasteiger partial charge in [-0.25, -0.2) is 4.98 Å². The first-order chi connectivity index (χ1) is 11.7. The molecule has 3 rings (SSSR count).